The lowest BCUT2D eigenvalue weighted by Crippen LogP contribution is -2.14. The van der Waals surface area contributed by atoms with E-state index in [9.17, 15) is 9.59 Å². The summed E-state index contributed by atoms with van der Waals surface area (Å²) in [5, 5.41) is 6.42. The van der Waals surface area contributed by atoms with Crippen LogP contribution in [-0.4, -0.2) is 23.9 Å². The van der Waals surface area contributed by atoms with Crippen molar-refractivity contribution in [2.45, 2.75) is 20.8 Å². The van der Waals surface area contributed by atoms with Gasteiger partial charge in [-0.05, 0) is 49.7 Å². The zero-order valence-corrected chi connectivity index (χ0v) is 19.0. The molecule has 0 bridgehead atoms. The number of pyridine rings is 1. The number of aromatic nitrogens is 1. The Labute approximate surface area is 192 Å². The maximum atomic E-state index is 13.5. The molecule has 6 nitrogen and oxygen atoms in total. The SMILES string of the molecule is COc1ccc(NC(C)=O)cc1NC(=O)c1cc(-c2ccc(C)cc2C)nc2ccccc12. The van der Waals surface area contributed by atoms with Gasteiger partial charge in [0.2, 0.25) is 5.91 Å². The molecule has 0 atom stereocenters. The number of carbonyl (C=O) groups is 2. The summed E-state index contributed by atoms with van der Waals surface area (Å²) >= 11 is 0. The highest BCUT2D eigenvalue weighted by molar-refractivity contribution is 6.13. The minimum Gasteiger partial charge on any atom is -0.495 e. The molecule has 0 aliphatic carbocycles. The highest BCUT2D eigenvalue weighted by Gasteiger charge is 2.17. The number of benzene rings is 3. The molecule has 0 saturated carbocycles. The molecule has 0 radical (unpaired) electrons. The number of para-hydroxylation sites is 1. The second-order valence-corrected chi connectivity index (χ2v) is 7.94. The van der Waals surface area contributed by atoms with Crippen LogP contribution < -0.4 is 15.4 Å². The van der Waals surface area contributed by atoms with Gasteiger partial charge in [-0.3, -0.25) is 9.59 Å². The van der Waals surface area contributed by atoms with Crippen molar-refractivity contribution < 1.29 is 14.3 Å². The van der Waals surface area contributed by atoms with Gasteiger partial charge in [0, 0.05) is 23.6 Å². The Kier molecular flexibility index (Phi) is 6.09. The number of ether oxygens (including phenoxy) is 1. The van der Waals surface area contributed by atoms with Crippen LogP contribution in [0.2, 0.25) is 0 Å². The predicted molar refractivity (Wildman–Crippen MR) is 132 cm³/mol. The Morgan fingerprint density at radius 3 is 2.42 bits per heavy atom. The second-order valence-electron chi connectivity index (χ2n) is 7.94. The topological polar surface area (TPSA) is 80.3 Å². The van der Waals surface area contributed by atoms with E-state index < -0.39 is 0 Å². The fraction of sp³-hybridized carbons (Fsp3) is 0.148. The van der Waals surface area contributed by atoms with Crippen LogP contribution in [0, 0.1) is 13.8 Å². The molecule has 0 spiro atoms. The molecule has 2 amide bonds. The van der Waals surface area contributed by atoms with Gasteiger partial charge in [0.15, 0.2) is 0 Å². The Hall–Kier alpha value is -4.19. The van der Waals surface area contributed by atoms with Gasteiger partial charge >= 0.3 is 0 Å². The Morgan fingerprint density at radius 1 is 0.909 bits per heavy atom. The fourth-order valence-corrected chi connectivity index (χ4v) is 3.88. The van der Waals surface area contributed by atoms with E-state index in [0.717, 1.165) is 27.7 Å². The third kappa shape index (κ3) is 4.70. The largest absolute Gasteiger partial charge is 0.495 e. The van der Waals surface area contributed by atoms with E-state index in [1.54, 1.807) is 18.2 Å². The first-order valence-electron chi connectivity index (χ1n) is 10.6. The number of carbonyl (C=O) groups excluding carboxylic acids is 2. The molecule has 0 aliphatic heterocycles. The van der Waals surface area contributed by atoms with Crippen molar-refractivity contribution in [2.75, 3.05) is 17.7 Å². The number of rotatable bonds is 5. The number of hydrogen-bond acceptors (Lipinski definition) is 4. The summed E-state index contributed by atoms with van der Waals surface area (Å²) in [6, 6.07) is 20.7. The summed E-state index contributed by atoms with van der Waals surface area (Å²) in [4.78, 5) is 29.7. The molecule has 0 fully saturated rings. The van der Waals surface area contributed by atoms with Gasteiger partial charge in [-0.1, -0.05) is 42.0 Å². The molecule has 0 aliphatic rings. The monoisotopic (exact) mass is 439 g/mol. The molecule has 6 heteroatoms. The van der Waals surface area contributed by atoms with Crippen LogP contribution in [-0.2, 0) is 4.79 Å². The fourth-order valence-electron chi connectivity index (χ4n) is 3.88. The summed E-state index contributed by atoms with van der Waals surface area (Å²) in [5.74, 6) is -0.000938. The number of amides is 2. The average Bonchev–Trinajstić information content (AvgIpc) is 2.78. The molecule has 0 unspecified atom stereocenters. The number of nitrogens with one attached hydrogen (secondary N) is 2. The van der Waals surface area contributed by atoms with Gasteiger partial charge in [0.05, 0.1) is 29.6 Å². The molecule has 166 valence electrons. The van der Waals surface area contributed by atoms with Crippen LogP contribution in [0.1, 0.15) is 28.4 Å². The van der Waals surface area contributed by atoms with Crippen molar-refractivity contribution >= 4 is 34.1 Å². The van der Waals surface area contributed by atoms with Gasteiger partial charge in [0.1, 0.15) is 5.75 Å². The van der Waals surface area contributed by atoms with E-state index in [0.29, 0.717) is 22.7 Å². The number of aryl methyl sites for hydroxylation is 2. The molecule has 3 aromatic carbocycles. The normalized spacial score (nSPS) is 10.7. The van der Waals surface area contributed by atoms with E-state index in [1.165, 1.54) is 19.6 Å². The third-order valence-corrected chi connectivity index (χ3v) is 5.39. The summed E-state index contributed by atoms with van der Waals surface area (Å²) in [7, 11) is 1.53. The first kappa shape index (κ1) is 22.0. The van der Waals surface area contributed by atoms with Crippen LogP contribution in [0.25, 0.3) is 22.2 Å². The third-order valence-electron chi connectivity index (χ3n) is 5.39. The molecule has 1 aromatic heterocycles. The molecule has 33 heavy (non-hydrogen) atoms. The predicted octanol–water partition coefficient (Wildman–Crippen LogP) is 5.74. The van der Waals surface area contributed by atoms with Crippen LogP contribution in [0.15, 0.2) is 66.7 Å². The second kappa shape index (κ2) is 9.12. The average molecular weight is 440 g/mol. The smallest absolute Gasteiger partial charge is 0.256 e. The van der Waals surface area contributed by atoms with Gasteiger partial charge in [-0.25, -0.2) is 4.98 Å². The van der Waals surface area contributed by atoms with E-state index >= 15 is 0 Å². The lowest BCUT2D eigenvalue weighted by Gasteiger charge is -2.15. The van der Waals surface area contributed by atoms with Crippen LogP contribution >= 0.6 is 0 Å². The minimum atomic E-state index is -0.294. The number of hydrogen-bond donors (Lipinski definition) is 2. The number of nitrogens with zero attached hydrogens (tertiary/aromatic N) is 1. The van der Waals surface area contributed by atoms with Crippen molar-refractivity contribution in [2.24, 2.45) is 0 Å². The Bertz CT molecular complexity index is 1380. The van der Waals surface area contributed by atoms with Gasteiger partial charge < -0.3 is 15.4 Å². The Balaban J connectivity index is 1.79. The standard InChI is InChI=1S/C27H25N3O3/c1-16-9-11-20(17(2)13-16)24-15-22(21-7-5-6-8-23(21)29-24)27(32)30-25-14-19(28-18(3)31)10-12-26(25)33-4/h5-15H,1-4H3,(H,28,31)(H,30,32). The van der Waals surface area contributed by atoms with Gasteiger partial charge in [0.25, 0.3) is 5.91 Å². The quantitative estimate of drug-likeness (QED) is 0.416. The van der Waals surface area contributed by atoms with Crippen LogP contribution in [0.4, 0.5) is 11.4 Å². The van der Waals surface area contributed by atoms with Crippen molar-refractivity contribution in [3.05, 3.63) is 83.4 Å². The molecule has 2 N–H and O–H groups in total. The molecule has 1 heterocycles. The lowest BCUT2D eigenvalue weighted by atomic mass is 9.99. The van der Waals surface area contributed by atoms with E-state index in [1.807, 2.05) is 56.3 Å². The molecule has 0 saturated heterocycles. The summed E-state index contributed by atoms with van der Waals surface area (Å²) in [6.45, 7) is 5.52. The van der Waals surface area contributed by atoms with Crippen molar-refractivity contribution in [3.63, 3.8) is 0 Å². The first-order chi connectivity index (χ1) is 15.9. The summed E-state index contributed by atoms with van der Waals surface area (Å²) in [5.41, 5.74) is 6.23. The van der Waals surface area contributed by atoms with E-state index in [2.05, 4.69) is 16.7 Å². The molecule has 4 aromatic rings. The zero-order chi connectivity index (χ0) is 23.5. The highest BCUT2D eigenvalue weighted by Crippen LogP contribution is 2.31. The van der Waals surface area contributed by atoms with Gasteiger partial charge in [-0.15, -0.1) is 0 Å². The molecular weight excluding hydrogens is 414 g/mol. The molecule has 4 rings (SSSR count). The lowest BCUT2D eigenvalue weighted by molar-refractivity contribution is -0.114. The minimum absolute atomic E-state index is 0.198. The van der Waals surface area contributed by atoms with Crippen molar-refractivity contribution in [1.82, 2.24) is 4.98 Å². The Morgan fingerprint density at radius 2 is 1.70 bits per heavy atom. The number of anilines is 2. The van der Waals surface area contributed by atoms with Gasteiger partial charge in [-0.2, -0.15) is 0 Å². The maximum absolute atomic E-state index is 13.5. The van der Waals surface area contributed by atoms with Crippen molar-refractivity contribution in [3.8, 4) is 17.0 Å². The highest BCUT2D eigenvalue weighted by atomic mass is 16.5. The van der Waals surface area contributed by atoms with Crippen LogP contribution in [0.3, 0.4) is 0 Å². The number of fused-ring (bicyclic) bond motifs is 1. The molecular formula is C27H25N3O3. The van der Waals surface area contributed by atoms with E-state index in [4.69, 9.17) is 9.72 Å². The maximum Gasteiger partial charge on any atom is 0.256 e. The van der Waals surface area contributed by atoms with Crippen molar-refractivity contribution in [1.29, 1.82) is 0 Å². The van der Waals surface area contributed by atoms with E-state index in [-0.39, 0.29) is 11.8 Å². The number of methoxy groups -OCH3 is 1. The zero-order valence-electron chi connectivity index (χ0n) is 19.0. The van der Waals surface area contributed by atoms with Crippen LogP contribution in [0.5, 0.6) is 5.75 Å². The summed E-state index contributed by atoms with van der Waals surface area (Å²) in [6.07, 6.45) is 0. The summed E-state index contributed by atoms with van der Waals surface area (Å²) < 4.78 is 5.41. The first-order valence-corrected chi connectivity index (χ1v) is 10.6.